The summed E-state index contributed by atoms with van der Waals surface area (Å²) in [4.78, 5) is 0. The van der Waals surface area contributed by atoms with Crippen molar-refractivity contribution in [2.75, 3.05) is 6.54 Å². The van der Waals surface area contributed by atoms with Gasteiger partial charge in [-0.2, -0.15) is 0 Å². The summed E-state index contributed by atoms with van der Waals surface area (Å²) >= 11 is 0. The SMILES string of the molecule is Cc1c(O)cccc1CCCN. The zero-order chi connectivity index (χ0) is 8.97. The highest BCUT2D eigenvalue weighted by Crippen LogP contribution is 2.20. The summed E-state index contributed by atoms with van der Waals surface area (Å²) < 4.78 is 0. The average molecular weight is 165 g/mol. The van der Waals surface area contributed by atoms with Gasteiger partial charge in [-0.15, -0.1) is 0 Å². The Balaban J connectivity index is 2.78. The highest BCUT2D eigenvalue weighted by Gasteiger charge is 2.00. The van der Waals surface area contributed by atoms with E-state index in [1.807, 2.05) is 19.1 Å². The molecule has 0 saturated heterocycles. The minimum absolute atomic E-state index is 0.379. The Morgan fingerprint density at radius 1 is 1.42 bits per heavy atom. The van der Waals surface area contributed by atoms with Gasteiger partial charge in [0.2, 0.25) is 0 Å². The molecule has 0 saturated carbocycles. The predicted molar refractivity (Wildman–Crippen MR) is 50.2 cm³/mol. The molecule has 0 radical (unpaired) electrons. The minimum atomic E-state index is 0.379. The molecule has 0 aliphatic carbocycles. The number of aromatic hydroxyl groups is 1. The predicted octanol–water partition coefficient (Wildman–Crippen LogP) is 1.59. The van der Waals surface area contributed by atoms with Crippen LogP contribution in [0.15, 0.2) is 18.2 Å². The summed E-state index contributed by atoms with van der Waals surface area (Å²) in [5, 5.41) is 9.37. The first-order chi connectivity index (χ1) is 5.75. The van der Waals surface area contributed by atoms with Crippen molar-refractivity contribution in [3.63, 3.8) is 0 Å². The number of phenolic OH excluding ortho intramolecular Hbond substituents is 1. The van der Waals surface area contributed by atoms with E-state index in [1.54, 1.807) is 6.07 Å². The van der Waals surface area contributed by atoms with Crippen molar-refractivity contribution < 1.29 is 5.11 Å². The molecule has 0 atom stereocenters. The van der Waals surface area contributed by atoms with E-state index in [9.17, 15) is 5.11 Å². The zero-order valence-electron chi connectivity index (χ0n) is 7.38. The van der Waals surface area contributed by atoms with E-state index in [0.29, 0.717) is 12.3 Å². The molecule has 3 N–H and O–H groups in total. The Morgan fingerprint density at radius 2 is 2.17 bits per heavy atom. The molecular formula is C10H15NO. The van der Waals surface area contributed by atoms with Crippen molar-refractivity contribution in [3.05, 3.63) is 29.3 Å². The molecule has 1 rings (SSSR count). The van der Waals surface area contributed by atoms with Crippen LogP contribution in [0.3, 0.4) is 0 Å². The average Bonchev–Trinajstić information content (AvgIpc) is 2.08. The van der Waals surface area contributed by atoms with Gasteiger partial charge in [-0.05, 0) is 43.5 Å². The quantitative estimate of drug-likeness (QED) is 0.714. The second-order valence-corrected chi connectivity index (χ2v) is 2.95. The molecule has 66 valence electrons. The molecule has 0 unspecified atom stereocenters. The maximum absolute atomic E-state index is 9.37. The fourth-order valence-electron chi connectivity index (χ4n) is 1.23. The smallest absolute Gasteiger partial charge is 0.118 e. The standard InChI is InChI=1S/C10H15NO/c1-8-9(5-3-7-11)4-2-6-10(8)12/h2,4,6,12H,3,5,7,11H2,1H3. The fraction of sp³-hybridized carbons (Fsp3) is 0.400. The van der Waals surface area contributed by atoms with Gasteiger partial charge in [0.25, 0.3) is 0 Å². The van der Waals surface area contributed by atoms with Gasteiger partial charge in [0.15, 0.2) is 0 Å². The van der Waals surface area contributed by atoms with E-state index < -0.39 is 0 Å². The van der Waals surface area contributed by atoms with Gasteiger partial charge in [0.05, 0.1) is 0 Å². The highest BCUT2D eigenvalue weighted by molar-refractivity contribution is 5.37. The van der Waals surface area contributed by atoms with Crippen LogP contribution in [-0.2, 0) is 6.42 Å². The molecule has 1 aromatic rings. The second-order valence-electron chi connectivity index (χ2n) is 2.95. The fourth-order valence-corrected chi connectivity index (χ4v) is 1.23. The highest BCUT2D eigenvalue weighted by atomic mass is 16.3. The Hall–Kier alpha value is -1.02. The van der Waals surface area contributed by atoms with Crippen LogP contribution in [0.2, 0.25) is 0 Å². The largest absolute Gasteiger partial charge is 0.508 e. The maximum Gasteiger partial charge on any atom is 0.118 e. The van der Waals surface area contributed by atoms with Gasteiger partial charge in [0.1, 0.15) is 5.75 Å². The van der Waals surface area contributed by atoms with Crippen molar-refractivity contribution in [2.45, 2.75) is 19.8 Å². The van der Waals surface area contributed by atoms with Crippen LogP contribution in [0.5, 0.6) is 5.75 Å². The molecule has 0 fully saturated rings. The lowest BCUT2D eigenvalue weighted by Crippen LogP contribution is -2.01. The van der Waals surface area contributed by atoms with Crippen molar-refractivity contribution in [3.8, 4) is 5.75 Å². The molecule has 0 aromatic heterocycles. The number of aryl methyl sites for hydroxylation is 1. The number of hydrogen-bond acceptors (Lipinski definition) is 2. The number of phenols is 1. The van der Waals surface area contributed by atoms with Crippen LogP contribution in [0.25, 0.3) is 0 Å². The Kier molecular flexibility index (Phi) is 3.11. The van der Waals surface area contributed by atoms with Crippen LogP contribution < -0.4 is 5.73 Å². The molecule has 2 nitrogen and oxygen atoms in total. The van der Waals surface area contributed by atoms with E-state index >= 15 is 0 Å². The lowest BCUT2D eigenvalue weighted by molar-refractivity contribution is 0.470. The van der Waals surface area contributed by atoms with Gasteiger partial charge >= 0.3 is 0 Å². The molecule has 0 heterocycles. The van der Waals surface area contributed by atoms with Crippen molar-refractivity contribution in [1.29, 1.82) is 0 Å². The first-order valence-corrected chi connectivity index (χ1v) is 4.23. The topological polar surface area (TPSA) is 46.2 Å². The van der Waals surface area contributed by atoms with Crippen LogP contribution in [0.1, 0.15) is 17.5 Å². The first kappa shape index (κ1) is 9.07. The van der Waals surface area contributed by atoms with Crippen LogP contribution >= 0.6 is 0 Å². The van der Waals surface area contributed by atoms with Crippen LogP contribution in [0, 0.1) is 6.92 Å². The summed E-state index contributed by atoms with van der Waals surface area (Å²) in [5.74, 6) is 0.379. The Morgan fingerprint density at radius 3 is 2.83 bits per heavy atom. The summed E-state index contributed by atoms with van der Waals surface area (Å²) in [6, 6.07) is 5.61. The van der Waals surface area contributed by atoms with Crippen molar-refractivity contribution in [1.82, 2.24) is 0 Å². The molecule has 1 aromatic carbocycles. The normalized spacial score (nSPS) is 10.2. The third kappa shape index (κ3) is 1.98. The molecule has 0 spiro atoms. The summed E-state index contributed by atoms with van der Waals surface area (Å²) in [6.45, 7) is 2.64. The Labute approximate surface area is 73.0 Å². The first-order valence-electron chi connectivity index (χ1n) is 4.23. The molecule has 0 amide bonds. The van der Waals surface area contributed by atoms with E-state index in [-0.39, 0.29) is 0 Å². The van der Waals surface area contributed by atoms with Crippen LogP contribution in [0.4, 0.5) is 0 Å². The maximum atomic E-state index is 9.37. The van der Waals surface area contributed by atoms with E-state index in [1.165, 1.54) is 5.56 Å². The van der Waals surface area contributed by atoms with Gasteiger partial charge in [-0.25, -0.2) is 0 Å². The molecule has 0 aliphatic heterocycles. The third-order valence-corrected chi connectivity index (χ3v) is 2.07. The third-order valence-electron chi connectivity index (χ3n) is 2.07. The Bertz CT molecular complexity index is 258. The van der Waals surface area contributed by atoms with Crippen molar-refractivity contribution >= 4 is 0 Å². The lowest BCUT2D eigenvalue weighted by atomic mass is 10.0. The summed E-state index contributed by atoms with van der Waals surface area (Å²) in [6.07, 6.45) is 1.93. The number of nitrogens with two attached hydrogens (primary N) is 1. The van der Waals surface area contributed by atoms with E-state index in [4.69, 9.17) is 5.73 Å². The number of hydrogen-bond donors (Lipinski definition) is 2. The second kappa shape index (κ2) is 4.12. The number of rotatable bonds is 3. The zero-order valence-corrected chi connectivity index (χ0v) is 7.38. The summed E-state index contributed by atoms with van der Waals surface area (Å²) in [5.41, 5.74) is 7.57. The van der Waals surface area contributed by atoms with Gasteiger partial charge < -0.3 is 10.8 Å². The van der Waals surface area contributed by atoms with E-state index in [2.05, 4.69) is 0 Å². The van der Waals surface area contributed by atoms with Crippen LogP contribution in [-0.4, -0.2) is 11.7 Å². The minimum Gasteiger partial charge on any atom is -0.508 e. The molecule has 0 bridgehead atoms. The van der Waals surface area contributed by atoms with E-state index in [0.717, 1.165) is 18.4 Å². The monoisotopic (exact) mass is 165 g/mol. The number of benzene rings is 1. The summed E-state index contributed by atoms with van der Waals surface area (Å²) in [7, 11) is 0. The lowest BCUT2D eigenvalue weighted by Gasteiger charge is -2.05. The van der Waals surface area contributed by atoms with Crippen molar-refractivity contribution in [2.24, 2.45) is 5.73 Å². The van der Waals surface area contributed by atoms with Gasteiger partial charge in [0, 0.05) is 0 Å². The molecule has 0 aliphatic rings. The van der Waals surface area contributed by atoms with Gasteiger partial charge in [-0.3, -0.25) is 0 Å². The van der Waals surface area contributed by atoms with Gasteiger partial charge in [-0.1, -0.05) is 12.1 Å². The molecular weight excluding hydrogens is 150 g/mol. The molecule has 12 heavy (non-hydrogen) atoms. The molecule has 2 heteroatoms.